The summed E-state index contributed by atoms with van der Waals surface area (Å²) in [4.78, 5) is 30.2. The number of hydrogen-bond donors (Lipinski definition) is 2. The van der Waals surface area contributed by atoms with E-state index in [2.05, 4.69) is 31.5 Å². The van der Waals surface area contributed by atoms with Gasteiger partial charge in [0.1, 0.15) is 5.03 Å². The molecule has 0 spiro atoms. The summed E-state index contributed by atoms with van der Waals surface area (Å²) in [7, 11) is 1.58. The van der Waals surface area contributed by atoms with Crippen LogP contribution in [0.4, 0.5) is 5.69 Å². The summed E-state index contributed by atoms with van der Waals surface area (Å²) in [6.45, 7) is 1.81. The van der Waals surface area contributed by atoms with Crippen molar-refractivity contribution in [2.24, 2.45) is 0 Å². The second-order valence-electron chi connectivity index (χ2n) is 5.92. The summed E-state index contributed by atoms with van der Waals surface area (Å²) in [5.41, 5.74) is 2.30. The van der Waals surface area contributed by atoms with Gasteiger partial charge in [0.05, 0.1) is 5.56 Å². The molecule has 1 aromatic heterocycles. The third-order valence-corrected chi connectivity index (χ3v) is 5.65. The van der Waals surface area contributed by atoms with Crippen LogP contribution in [0.3, 0.4) is 0 Å². The zero-order valence-electron chi connectivity index (χ0n) is 15.3. The van der Waals surface area contributed by atoms with Gasteiger partial charge in [-0.25, -0.2) is 4.98 Å². The molecule has 1 heterocycles. The standard InChI is InChI=1S/C21H18BrN3O2S/c1-13-16(19(26)23-2)5-3-7-18(13)25-20(27)17-6-4-12-24-21(17)28-15-10-8-14(22)9-11-15/h3-12H,1-2H3,(H,23,26)(H,25,27). The van der Waals surface area contributed by atoms with Gasteiger partial charge in [-0.15, -0.1) is 0 Å². The Morgan fingerprint density at radius 1 is 0.964 bits per heavy atom. The molecule has 2 amide bonds. The number of carbonyl (C=O) groups excluding carboxylic acids is 2. The van der Waals surface area contributed by atoms with Crippen molar-refractivity contribution in [3.8, 4) is 0 Å². The zero-order valence-corrected chi connectivity index (χ0v) is 17.7. The smallest absolute Gasteiger partial charge is 0.258 e. The molecule has 0 radical (unpaired) electrons. The molecular weight excluding hydrogens is 438 g/mol. The van der Waals surface area contributed by atoms with Crippen molar-refractivity contribution in [2.75, 3.05) is 12.4 Å². The minimum absolute atomic E-state index is 0.193. The molecule has 142 valence electrons. The molecule has 0 aliphatic rings. The van der Waals surface area contributed by atoms with Gasteiger partial charge in [0, 0.05) is 33.9 Å². The molecule has 0 saturated heterocycles. The van der Waals surface area contributed by atoms with Crippen LogP contribution in [0.5, 0.6) is 0 Å². The van der Waals surface area contributed by atoms with Crippen LogP contribution < -0.4 is 10.6 Å². The number of pyridine rings is 1. The highest BCUT2D eigenvalue weighted by atomic mass is 79.9. The Morgan fingerprint density at radius 3 is 2.39 bits per heavy atom. The second-order valence-corrected chi connectivity index (χ2v) is 7.90. The normalized spacial score (nSPS) is 10.4. The van der Waals surface area contributed by atoms with E-state index in [1.807, 2.05) is 24.3 Å². The Hall–Kier alpha value is -2.64. The molecule has 0 aliphatic carbocycles. The molecule has 2 aromatic carbocycles. The molecule has 3 rings (SSSR count). The van der Waals surface area contributed by atoms with E-state index in [1.54, 1.807) is 50.5 Å². The Morgan fingerprint density at radius 2 is 1.68 bits per heavy atom. The maximum atomic E-state index is 12.9. The fourth-order valence-electron chi connectivity index (χ4n) is 2.60. The maximum absolute atomic E-state index is 12.9. The summed E-state index contributed by atoms with van der Waals surface area (Å²) in [5, 5.41) is 6.12. The minimum atomic E-state index is -0.273. The van der Waals surface area contributed by atoms with Crippen molar-refractivity contribution in [3.63, 3.8) is 0 Å². The average Bonchev–Trinajstić information content (AvgIpc) is 2.71. The van der Waals surface area contributed by atoms with Gasteiger partial charge in [-0.1, -0.05) is 33.8 Å². The zero-order chi connectivity index (χ0) is 20.1. The molecule has 0 saturated carbocycles. The number of amides is 2. The molecule has 0 aliphatic heterocycles. The number of hydrogen-bond acceptors (Lipinski definition) is 4. The molecule has 5 nitrogen and oxygen atoms in total. The highest BCUT2D eigenvalue weighted by Gasteiger charge is 2.16. The largest absolute Gasteiger partial charge is 0.355 e. The van der Waals surface area contributed by atoms with Crippen LogP contribution in [0.15, 0.2) is 75.2 Å². The lowest BCUT2D eigenvalue weighted by atomic mass is 10.1. The van der Waals surface area contributed by atoms with Crippen molar-refractivity contribution in [2.45, 2.75) is 16.8 Å². The van der Waals surface area contributed by atoms with Crippen molar-refractivity contribution in [1.29, 1.82) is 0 Å². The summed E-state index contributed by atoms with van der Waals surface area (Å²) >= 11 is 4.84. The van der Waals surface area contributed by atoms with Crippen LogP contribution in [-0.4, -0.2) is 23.8 Å². The first-order valence-electron chi connectivity index (χ1n) is 8.51. The number of halogens is 1. The van der Waals surface area contributed by atoms with Crippen LogP contribution in [0.25, 0.3) is 0 Å². The topological polar surface area (TPSA) is 71.1 Å². The Balaban J connectivity index is 1.86. The summed E-state index contributed by atoms with van der Waals surface area (Å²) < 4.78 is 0.988. The van der Waals surface area contributed by atoms with Gasteiger partial charge in [0.15, 0.2) is 0 Å². The van der Waals surface area contributed by atoms with E-state index in [0.29, 0.717) is 27.4 Å². The fourth-order valence-corrected chi connectivity index (χ4v) is 3.74. The van der Waals surface area contributed by atoms with Crippen LogP contribution in [-0.2, 0) is 0 Å². The van der Waals surface area contributed by atoms with E-state index < -0.39 is 0 Å². The van der Waals surface area contributed by atoms with Crippen LogP contribution in [0.1, 0.15) is 26.3 Å². The van der Waals surface area contributed by atoms with E-state index in [-0.39, 0.29) is 11.8 Å². The van der Waals surface area contributed by atoms with Gasteiger partial charge < -0.3 is 10.6 Å². The highest BCUT2D eigenvalue weighted by Crippen LogP contribution is 2.30. The van der Waals surface area contributed by atoms with Crippen molar-refractivity contribution in [1.82, 2.24) is 10.3 Å². The van der Waals surface area contributed by atoms with Gasteiger partial charge in [0.2, 0.25) is 0 Å². The first-order chi connectivity index (χ1) is 13.5. The number of benzene rings is 2. The minimum Gasteiger partial charge on any atom is -0.355 e. The van der Waals surface area contributed by atoms with E-state index in [1.165, 1.54) is 11.8 Å². The molecule has 0 fully saturated rings. The lowest BCUT2D eigenvalue weighted by molar-refractivity contribution is 0.0960. The van der Waals surface area contributed by atoms with E-state index in [0.717, 1.165) is 9.37 Å². The first-order valence-corrected chi connectivity index (χ1v) is 10.1. The number of nitrogens with one attached hydrogen (secondary N) is 2. The van der Waals surface area contributed by atoms with Crippen LogP contribution >= 0.6 is 27.7 Å². The summed E-state index contributed by atoms with van der Waals surface area (Å²) in [5.74, 6) is -0.466. The Labute approximate surface area is 176 Å². The average molecular weight is 456 g/mol. The SMILES string of the molecule is CNC(=O)c1cccc(NC(=O)c2cccnc2Sc2ccc(Br)cc2)c1C. The first kappa shape index (κ1) is 20.1. The Kier molecular flexibility index (Phi) is 6.49. The lowest BCUT2D eigenvalue weighted by Gasteiger charge is -2.13. The lowest BCUT2D eigenvalue weighted by Crippen LogP contribution is -2.20. The van der Waals surface area contributed by atoms with Crippen molar-refractivity contribution < 1.29 is 9.59 Å². The summed E-state index contributed by atoms with van der Waals surface area (Å²) in [6, 6.07) is 16.5. The van der Waals surface area contributed by atoms with Gasteiger partial charge >= 0.3 is 0 Å². The number of anilines is 1. The third kappa shape index (κ3) is 4.61. The van der Waals surface area contributed by atoms with Crippen molar-refractivity contribution >= 4 is 45.2 Å². The second kappa shape index (κ2) is 9.03. The van der Waals surface area contributed by atoms with Gasteiger partial charge in [-0.05, 0) is 61.0 Å². The van der Waals surface area contributed by atoms with Crippen LogP contribution in [0, 0.1) is 6.92 Å². The predicted octanol–water partition coefficient (Wildman–Crippen LogP) is 4.92. The monoisotopic (exact) mass is 455 g/mol. The number of rotatable bonds is 5. The van der Waals surface area contributed by atoms with Gasteiger partial charge in [-0.3, -0.25) is 9.59 Å². The molecule has 7 heteroatoms. The molecule has 0 atom stereocenters. The van der Waals surface area contributed by atoms with Crippen molar-refractivity contribution in [3.05, 3.63) is 82.0 Å². The molecule has 2 N–H and O–H groups in total. The quantitative estimate of drug-likeness (QED) is 0.572. The number of aromatic nitrogens is 1. The van der Waals surface area contributed by atoms with E-state index in [4.69, 9.17) is 0 Å². The molecule has 0 unspecified atom stereocenters. The third-order valence-electron chi connectivity index (χ3n) is 4.10. The number of nitrogens with zero attached hydrogens (tertiary/aromatic N) is 1. The van der Waals surface area contributed by atoms with E-state index in [9.17, 15) is 9.59 Å². The molecule has 3 aromatic rings. The Bertz CT molecular complexity index is 1020. The van der Waals surface area contributed by atoms with Gasteiger partial charge in [0.25, 0.3) is 11.8 Å². The van der Waals surface area contributed by atoms with Gasteiger partial charge in [-0.2, -0.15) is 0 Å². The molecule has 0 bridgehead atoms. The summed E-state index contributed by atoms with van der Waals surface area (Å²) in [6.07, 6.45) is 1.66. The fraction of sp³-hybridized carbons (Fsp3) is 0.0952. The highest BCUT2D eigenvalue weighted by molar-refractivity contribution is 9.10. The van der Waals surface area contributed by atoms with Crippen LogP contribution in [0.2, 0.25) is 0 Å². The molecular formula is C21H18BrN3O2S. The molecule has 28 heavy (non-hydrogen) atoms. The van der Waals surface area contributed by atoms with E-state index >= 15 is 0 Å². The number of carbonyl (C=O) groups is 2. The maximum Gasteiger partial charge on any atom is 0.258 e. The predicted molar refractivity (Wildman–Crippen MR) is 115 cm³/mol.